The second-order valence-corrected chi connectivity index (χ2v) is 6.88. The first kappa shape index (κ1) is 11.7. The zero-order chi connectivity index (χ0) is 12.8. The number of aromatic nitrogens is 1. The van der Waals surface area contributed by atoms with Crippen LogP contribution in [0.5, 0.6) is 0 Å². The van der Waals surface area contributed by atoms with Crippen molar-refractivity contribution >= 4 is 17.2 Å². The average molecular weight is 258 g/mol. The summed E-state index contributed by atoms with van der Waals surface area (Å²) in [4.78, 5) is 6.05. The molecule has 0 atom stereocenters. The molecule has 1 aromatic carbocycles. The lowest BCUT2D eigenvalue weighted by Gasteiger charge is -2.18. The molecule has 0 saturated heterocycles. The Kier molecular flexibility index (Phi) is 2.67. The van der Waals surface area contributed by atoms with E-state index in [2.05, 4.69) is 55.3 Å². The zero-order valence-electron chi connectivity index (χ0n) is 11.1. The molecule has 0 bridgehead atoms. The Labute approximate surface area is 112 Å². The minimum Gasteiger partial charge on any atom is -0.369 e. The molecule has 1 aromatic heterocycles. The molecule has 0 radical (unpaired) electrons. The van der Waals surface area contributed by atoms with E-state index in [1.54, 1.807) is 0 Å². The van der Waals surface area contributed by atoms with Crippen molar-refractivity contribution in [3.63, 3.8) is 0 Å². The van der Waals surface area contributed by atoms with Crippen LogP contribution in [0.15, 0.2) is 24.3 Å². The molecule has 3 heteroatoms. The van der Waals surface area contributed by atoms with E-state index in [1.807, 2.05) is 11.3 Å². The molecule has 2 nitrogen and oxygen atoms in total. The largest absolute Gasteiger partial charge is 0.369 e. The van der Waals surface area contributed by atoms with E-state index in [9.17, 15) is 0 Å². The Morgan fingerprint density at radius 2 is 1.89 bits per heavy atom. The average Bonchev–Trinajstić information content (AvgIpc) is 2.88. The molecule has 18 heavy (non-hydrogen) atoms. The molecule has 94 valence electrons. The van der Waals surface area contributed by atoms with Gasteiger partial charge in [-0.15, -0.1) is 11.3 Å². The van der Waals surface area contributed by atoms with Crippen LogP contribution in [-0.4, -0.2) is 11.5 Å². The van der Waals surface area contributed by atoms with Crippen molar-refractivity contribution in [3.05, 3.63) is 34.7 Å². The first-order chi connectivity index (χ1) is 8.54. The fraction of sp³-hybridized carbons (Fsp3) is 0.400. The van der Waals surface area contributed by atoms with E-state index < -0.39 is 0 Å². The summed E-state index contributed by atoms with van der Waals surface area (Å²) in [6, 6.07) is 8.81. The summed E-state index contributed by atoms with van der Waals surface area (Å²) in [5, 5.41) is 4.46. The van der Waals surface area contributed by atoms with Gasteiger partial charge in [-0.2, -0.15) is 0 Å². The third-order valence-corrected chi connectivity index (χ3v) is 4.50. The highest BCUT2D eigenvalue weighted by atomic mass is 32.1. The Morgan fingerprint density at radius 3 is 2.50 bits per heavy atom. The molecule has 0 aliphatic carbocycles. The van der Waals surface area contributed by atoms with Gasteiger partial charge in [-0.3, -0.25) is 0 Å². The number of benzene rings is 1. The van der Waals surface area contributed by atoms with Crippen LogP contribution in [0.1, 0.15) is 31.2 Å². The van der Waals surface area contributed by atoms with Crippen molar-refractivity contribution < 1.29 is 0 Å². The molecule has 1 N–H and O–H groups in total. The molecule has 2 aromatic rings. The standard InChI is InChI=1S/C15H18N2S/c1-15(2,3)11-6-4-10(5-7-11)14-17-13-12(18-14)8-9-16-13/h4-7,16H,8-9H2,1-3H3. The van der Waals surface area contributed by atoms with E-state index in [-0.39, 0.29) is 5.41 Å². The van der Waals surface area contributed by atoms with Gasteiger partial charge in [-0.25, -0.2) is 4.98 Å². The normalized spacial score (nSPS) is 14.4. The first-order valence-electron chi connectivity index (χ1n) is 6.38. The van der Waals surface area contributed by atoms with Crippen molar-refractivity contribution in [1.82, 2.24) is 4.98 Å². The number of hydrogen-bond acceptors (Lipinski definition) is 3. The van der Waals surface area contributed by atoms with E-state index in [0.717, 1.165) is 23.8 Å². The molecule has 1 aliphatic heterocycles. The van der Waals surface area contributed by atoms with E-state index >= 15 is 0 Å². The molecule has 0 unspecified atom stereocenters. The Bertz CT molecular complexity index is 540. The van der Waals surface area contributed by atoms with Gasteiger partial charge in [-0.05, 0) is 11.0 Å². The van der Waals surface area contributed by atoms with Crippen LogP contribution >= 0.6 is 11.3 Å². The van der Waals surface area contributed by atoms with Crippen LogP contribution in [-0.2, 0) is 11.8 Å². The summed E-state index contributed by atoms with van der Waals surface area (Å²) >= 11 is 1.81. The predicted octanol–water partition coefficient (Wildman–Crippen LogP) is 4.08. The highest BCUT2D eigenvalue weighted by Crippen LogP contribution is 2.34. The summed E-state index contributed by atoms with van der Waals surface area (Å²) in [6.45, 7) is 7.76. The summed E-state index contributed by atoms with van der Waals surface area (Å²) < 4.78 is 0. The lowest BCUT2D eigenvalue weighted by atomic mass is 9.87. The highest BCUT2D eigenvalue weighted by molar-refractivity contribution is 7.15. The fourth-order valence-corrected chi connectivity index (χ4v) is 3.23. The number of hydrogen-bond donors (Lipinski definition) is 1. The fourth-order valence-electron chi connectivity index (χ4n) is 2.19. The molecular weight excluding hydrogens is 240 g/mol. The van der Waals surface area contributed by atoms with Crippen molar-refractivity contribution in [2.24, 2.45) is 0 Å². The number of fused-ring (bicyclic) bond motifs is 1. The van der Waals surface area contributed by atoms with Gasteiger partial charge in [0, 0.05) is 18.5 Å². The number of nitrogens with zero attached hydrogens (tertiary/aromatic N) is 1. The van der Waals surface area contributed by atoms with Gasteiger partial charge < -0.3 is 5.32 Å². The number of anilines is 1. The maximum absolute atomic E-state index is 4.66. The molecule has 0 amide bonds. The van der Waals surface area contributed by atoms with Gasteiger partial charge in [0.1, 0.15) is 10.8 Å². The summed E-state index contributed by atoms with van der Waals surface area (Å²) in [6.07, 6.45) is 1.12. The predicted molar refractivity (Wildman–Crippen MR) is 78.4 cm³/mol. The van der Waals surface area contributed by atoms with Crippen LogP contribution in [0, 0.1) is 0 Å². The summed E-state index contributed by atoms with van der Waals surface area (Å²) in [5.41, 5.74) is 2.81. The molecule has 0 spiro atoms. The van der Waals surface area contributed by atoms with Crippen molar-refractivity contribution in [2.75, 3.05) is 11.9 Å². The summed E-state index contributed by atoms with van der Waals surface area (Å²) in [5.74, 6) is 1.09. The summed E-state index contributed by atoms with van der Waals surface area (Å²) in [7, 11) is 0. The number of thiazole rings is 1. The lowest BCUT2D eigenvalue weighted by molar-refractivity contribution is 0.590. The van der Waals surface area contributed by atoms with Crippen molar-refractivity contribution in [3.8, 4) is 10.6 Å². The van der Waals surface area contributed by atoms with Crippen LogP contribution < -0.4 is 5.32 Å². The Hall–Kier alpha value is -1.35. The molecule has 0 fully saturated rings. The van der Waals surface area contributed by atoms with Crippen LogP contribution in [0.25, 0.3) is 10.6 Å². The topological polar surface area (TPSA) is 24.9 Å². The Morgan fingerprint density at radius 1 is 1.17 bits per heavy atom. The first-order valence-corrected chi connectivity index (χ1v) is 7.20. The quantitative estimate of drug-likeness (QED) is 0.834. The molecule has 1 aliphatic rings. The smallest absolute Gasteiger partial charge is 0.141 e. The molecule has 3 rings (SSSR count). The minimum absolute atomic E-state index is 0.213. The van der Waals surface area contributed by atoms with Gasteiger partial charge in [-0.1, -0.05) is 45.0 Å². The van der Waals surface area contributed by atoms with Gasteiger partial charge >= 0.3 is 0 Å². The monoisotopic (exact) mass is 258 g/mol. The van der Waals surface area contributed by atoms with E-state index in [0.29, 0.717) is 0 Å². The highest BCUT2D eigenvalue weighted by Gasteiger charge is 2.18. The second-order valence-electron chi connectivity index (χ2n) is 5.79. The Balaban J connectivity index is 1.92. The van der Waals surface area contributed by atoms with Gasteiger partial charge in [0.15, 0.2) is 0 Å². The second kappa shape index (κ2) is 4.09. The molecule has 0 saturated carbocycles. The van der Waals surface area contributed by atoms with Crippen molar-refractivity contribution in [1.29, 1.82) is 0 Å². The number of rotatable bonds is 1. The number of nitrogens with one attached hydrogen (secondary N) is 1. The van der Waals surface area contributed by atoms with Gasteiger partial charge in [0.2, 0.25) is 0 Å². The third kappa shape index (κ3) is 2.03. The van der Waals surface area contributed by atoms with Crippen LogP contribution in [0.4, 0.5) is 5.82 Å². The van der Waals surface area contributed by atoms with E-state index in [4.69, 9.17) is 0 Å². The SMILES string of the molecule is CC(C)(C)c1ccc(-c2nc3c(s2)CCN3)cc1. The van der Waals surface area contributed by atoms with Crippen LogP contribution in [0.2, 0.25) is 0 Å². The van der Waals surface area contributed by atoms with E-state index in [1.165, 1.54) is 16.0 Å². The van der Waals surface area contributed by atoms with Crippen LogP contribution in [0.3, 0.4) is 0 Å². The molecular formula is C15H18N2S. The minimum atomic E-state index is 0.213. The molecule has 2 heterocycles. The maximum Gasteiger partial charge on any atom is 0.141 e. The third-order valence-electron chi connectivity index (χ3n) is 3.34. The van der Waals surface area contributed by atoms with Gasteiger partial charge in [0.25, 0.3) is 0 Å². The van der Waals surface area contributed by atoms with Gasteiger partial charge in [0.05, 0.1) is 4.88 Å². The lowest BCUT2D eigenvalue weighted by Crippen LogP contribution is -2.10. The maximum atomic E-state index is 4.66. The zero-order valence-corrected chi connectivity index (χ0v) is 11.9. The van der Waals surface area contributed by atoms with Crippen molar-refractivity contribution in [2.45, 2.75) is 32.6 Å².